The minimum Gasteiger partial charge on any atom is -0.377 e. The summed E-state index contributed by atoms with van der Waals surface area (Å²) in [6.07, 6.45) is 2.58. The summed E-state index contributed by atoms with van der Waals surface area (Å²) in [6.45, 7) is 5.63. The normalized spacial score (nSPS) is 21.4. The van der Waals surface area contributed by atoms with Gasteiger partial charge in [-0.15, -0.1) is 0 Å². The summed E-state index contributed by atoms with van der Waals surface area (Å²) < 4.78 is 5.62. The van der Waals surface area contributed by atoms with Gasteiger partial charge in [-0.25, -0.2) is 4.98 Å². The molecule has 2 atom stereocenters. The number of aryl methyl sites for hydroxylation is 1. The van der Waals surface area contributed by atoms with Gasteiger partial charge in [0.05, 0.1) is 12.1 Å². The Morgan fingerprint density at radius 1 is 1.67 bits per heavy atom. The van der Waals surface area contributed by atoms with E-state index in [1.54, 1.807) is 0 Å². The SMILES string of the molecule is Cc1cc(=O)[nH]c([C@@H](C)N(C)C[C@@H]2CCCO2)n1. The van der Waals surface area contributed by atoms with E-state index in [2.05, 4.69) is 14.9 Å². The largest absolute Gasteiger partial charge is 0.377 e. The lowest BCUT2D eigenvalue weighted by Crippen LogP contribution is -2.32. The van der Waals surface area contributed by atoms with Crippen molar-refractivity contribution in [1.82, 2.24) is 14.9 Å². The van der Waals surface area contributed by atoms with Crippen molar-refractivity contribution < 1.29 is 4.74 Å². The van der Waals surface area contributed by atoms with Gasteiger partial charge >= 0.3 is 0 Å². The van der Waals surface area contributed by atoms with Gasteiger partial charge in [0.15, 0.2) is 0 Å². The molecule has 1 aliphatic rings. The Labute approximate surface area is 107 Å². The number of likely N-dealkylation sites (N-methyl/N-ethyl adjacent to an activating group) is 1. The second-order valence-electron chi connectivity index (χ2n) is 5.02. The molecule has 5 nitrogen and oxygen atoms in total. The summed E-state index contributed by atoms with van der Waals surface area (Å²) in [6, 6.07) is 1.60. The van der Waals surface area contributed by atoms with Gasteiger partial charge in [-0.1, -0.05) is 0 Å². The van der Waals surface area contributed by atoms with E-state index in [1.807, 2.05) is 20.9 Å². The van der Waals surface area contributed by atoms with E-state index in [1.165, 1.54) is 6.07 Å². The molecule has 2 heterocycles. The van der Waals surface area contributed by atoms with Crippen LogP contribution in [0.3, 0.4) is 0 Å². The van der Waals surface area contributed by atoms with Crippen LogP contribution in [0, 0.1) is 6.92 Å². The number of aromatic amines is 1. The van der Waals surface area contributed by atoms with Gasteiger partial charge in [-0.2, -0.15) is 0 Å². The zero-order valence-electron chi connectivity index (χ0n) is 11.3. The molecule has 0 amide bonds. The number of hydrogen-bond donors (Lipinski definition) is 1. The predicted octanol–water partition coefficient (Wildman–Crippen LogP) is 1.25. The molecule has 1 aromatic heterocycles. The van der Waals surface area contributed by atoms with E-state index >= 15 is 0 Å². The number of ether oxygens (including phenoxy) is 1. The third-order valence-corrected chi connectivity index (χ3v) is 3.46. The Hall–Kier alpha value is -1.20. The van der Waals surface area contributed by atoms with Gasteiger partial charge in [0.25, 0.3) is 5.56 Å². The zero-order chi connectivity index (χ0) is 13.1. The molecule has 18 heavy (non-hydrogen) atoms. The van der Waals surface area contributed by atoms with Gasteiger partial charge in [0, 0.05) is 24.9 Å². The maximum atomic E-state index is 11.4. The molecule has 1 saturated heterocycles. The monoisotopic (exact) mass is 251 g/mol. The van der Waals surface area contributed by atoms with E-state index in [0.29, 0.717) is 6.10 Å². The standard InChI is InChI=1S/C13H21N3O2/c1-9-7-12(17)15-13(14-9)10(2)16(3)8-11-5-4-6-18-11/h7,10-11H,4-6,8H2,1-3H3,(H,14,15,17)/t10-,11+/m1/s1. The quantitative estimate of drug-likeness (QED) is 0.875. The maximum Gasteiger partial charge on any atom is 0.251 e. The molecule has 0 saturated carbocycles. The smallest absolute Gasteiger partial charge is 0.251 e. The highest BCUT2D eigenvalue weighted by atomic mass is 16.5. The second-order valence-corrected chi connectivity index (χ2v) is 5.02. The third kappa shape index (κ3) is 3.17. The molecule has 0 spiro atoms. The highest BCUT2D eigenvalue weighted by Crippen LogP contribution is 2.18. The van der Waals surface area contributed by atoms with Crippen molar-refractivity contribution >= 4 is 0 Å². The number of hydrogen-bond acceptors (Lipinski definition) is 4. The molecule has 0 unspecified atom stereocenters. The van der Waals surface area contributed by atoms with Crippen LogP contribution in [-0.2, 0) is 4.74 Å². The molecule has 2 rings (SSSR count). The average molecular weight is 251 g/mol. The topological polar surface area (TPSA) is 58.2 Å². The number of aromatic nitrogens is 2. The summed E-state index contributed by atoms with van der Waals surface area (Å²) in [5, 5.41) is 0. The molecule has 1 N–H and O–H groups in total. The van der Waals surface area contributed by atoms with E-state index < -0.39 is 0 Å². The molecule has 1 aromatic rings. The van der Waals surface area contributed by atoms with Crippen molar-refractivity contribution in [1.29, 1.82) is 0 Å². The Morgan fingerprint density at radius 3 is 3.06 bits per heavy atom. The van der Waals surface area contributed by atoms with Crippen LogP contribution in [0.4, 0.5) is 0 Å². The van der Waals surface area contributed by atoms with Gasteiger partial charge in [-0.3, -0.25) is 9.69 Å². The fourth-order valence-electron chi connectivity index (χ4n) is 2.28. The fraction of sp³-hybridized carbons (Fsp3) is 0.692. The number of nitrogens with zero attached hydrogens (tertiary/aromatic N) is 2. The van der Waals surface area contributed by atoms with Gasteiger partial charge in [0.1, 0.15) is 5.82 Å². The lowest BCUT2D eigenvalue weighted by atomic mass is 10.2. The molecule has 5 heteroatoms. The van der Waals surface area contributed by atoms with E-state index in [9.17, 15) is 4.79 Å². The van der Waals surface area contributed by atoms with Crippen molar-refractivity contribution in [3.63, 3.8) is 0 Å². The molecule has 1 aliphatic heterocycles. The predicted molar refractivity (Wildman–Crippen MR) is 69.6 cm³/mol. The van der Waals surface area contributed by atoms with E-state index in [0.717, 1.165) is 37.5 Å². The lowest BCUT2D eigenvalue weighted by Gasteiger charge is -2.26. The zero-order valence-corrected chi connectivity index (χ0v) is 11.3. The maximum absolute atomic E-state index is 11.4. The molecule has 1 fully saturated rings. The highest BCUT2D eigenvalue weighted by molar-refractivity contribution is 5.03. The van der Waals surface area contributed by atoms with Crippen molar-refractivity contribution in [3.05, 3.63) is 27.9 Å². The number of rotatable bonds is 4. The number of H-pyrrole nitrogens is 1. The van der Waals surface area contributed by atoms with Crippen LogP contribution in [0.25, 0.3) is 0 Å². The van der Waals surface area contributed by atoms with Crippen molar-refractivity contribution in [3.8, 4) is 0 Å². The summed E-state index contributed by atoms with van der Waals surface area (Å²) in [7, 11) is 2.04. The van der Waals surface area contributed by atoms with Crippen LogP contribution in [0.15, 0.2) is 10.9 Å². The Kier molecular flexibility index (Phi) is 4.14. The molecule has 0 aliphatic carbocycles. The molecule has 0 bridgehead atoms. The summed E-state index contributed by atoms with van der Waals surface area (Å²) in [5.74, 6) is 0.723. The first-order valence-corrected chi connectivity index (χ1v) is 6.46. The van der Waals surface area contributed by atoms with Gasteiger partial charge < -0.3 is 9.72 Å². The van der Waals surface area contributed by atoms with Crippen LogP contribution >= 0.6 is 0 Å². The van der Waals surface area contributed by atoms with E-state index in [-0.39, 0.29) is 11.6 Å². The van der Waals surface area contributed by atoms with Gasteiger partial charge in [0.2, 0.25) is 0 Å². The average Bonchev–Trinajstić information content (AvgIpc) is 2.79. The molecule has 0 radical (unpaired) electrons. The minimum atomic E-state index is -0.0881. The first-order chi connectivity index (χ1) is 8.56. The summed E-state index contributed by atoms with van der Waals surface area (Å²) in [5.41, 5.74) is 0.668. The Morgan fingerprint density at radius 2 is 2.44 bits per heavy atom. The first kappa shape index (κ1) is 13.2. The van der Waals surface area contributed by atoms with Crippen molar-refractivity contribution in [2.45, 2.75) is 38.8 Å². The number of nitrogens with one attached hydrogen (secondary N) is 1. The fourth-order valence-corrected chi connectivity index (χ4v) is 2.28. The highest BCUT2D eigenvalue weighted by Gasteiger charge is 2.21. The first-order valence-electron chi connectivity index (χ1n) is 6.46. The Bertz CT molecular complexity index is 452. The van der Waals surface area contributed by atoms with Crippen LogP contribution in [0.2, 0.25) is 0 Å². The Balaban J connectivity index is 2.04. The van der Waals surface area contributed by atoms with E-state index in [4.69, 9.17) is 4.74 Å². The summed E-state index contributed by atoms with van der Waals surface area (Å²) >= 11 is 0. The molecule has 0 aromatic carbocycles. The molecular weight excluding hydrogens is 230 g/mol. The summed E-state index contributed by atoms with van der Waals surface area (Å²) in [4.78, 5) is 20.8. The van der Waals surface area contributed by atoms with Gasteiger partial charge in [-0.05, 0) is 33.7 Å². The lowest BCUT2D eigenvalue weighted by molar-refractivity contribution is 0.0691. The van der Waals surface area contributed by atoms with Crippen LogP contribution in [0.5, 0.6) is 0 Å². The van der Waals surface area contributed by atoms with Crippen LogP contribution in [0.1, 0.15) is 37.3 Å². The van der Waals surface area contributed by atoms with Crippen LogP contribution in [-0.4, -0.2) is 41.2 Å². The molecular formula is C13H21N3O2. The van der Waals surface area contributed by atoms with Crippen molar-refractivity contribution in [2.24, 2.45) is 0 Å². The molecule has 100 valence electrons. The van der Waals surface area contributed by atoms with Crippen molar-refractivity contribution in [2.75, 3.05) is 20.2 Å². The third-order valence-electron chi connectivity index (χ3n) is 3.46. The minimum absolute atomic E-state index is 0.0850. The van der Waals surface area contributed by atoms with Crippen LogP contribution < -0.4 is 5.56 Å². The second kappa shape index (κ2) is 5.63.